The molecule has 1 N–H and O–H groups in total. The van der Waals surface area contributed by atoms with Crippen molar-refractivity contribution in [2.24, 2.45) is 5.92 Å². The van der Waals surface area contributed by atoms with Crippen LogP contribution in [0.5, 0.6) is 0 Å². The van der Waals surface area contributed by atoms with Crippen molar-refractivity contribution in [1.29, 1.82) is 0 Å². The highest BCUT2D eigenvalue weighted by molar-refractivity contribution is 7.89. The normalized spacial score (nSPS) is 19.1. The number of hydrogen-bond donors (Lipinski definition) is 1. The van der Waals surface area contributed by atoms with E-state index in [1.807, 2.05) is 6.92 Å². The van der Waals surface area contributed by atoms with Gasteiger partial charge in [0.05, 0.1) is 10.5 Å². The Morgan fingerprint density at radius 3 is 2.54 bits per heavy atom. The van der Waals surface area contributed by atoms with E-state index in [9.17, 15) is 18.0 Å². The Balaban J connectivity index is 1.66. The lowest BCUT2D eigenvalue weighted by Crippen LogP contribution is -2.37. The van der Waals surface area contributed by atoms with Gasteiger partial charge >= 0.3 is 5.97 Å². The maximum Gasteiger partial charge on any atom is 0.338 e. The van der Waals surface area contributed by atoms with Crippen LogP contribution < -0.4 is 5.32 Å². The van der Waals surface area contributed by atoms with E-state index < -0.39 is 16.0 Å². The van der Waals surface area contributed by atoms with Gasteiger partial charge < -0.3 is 10.1 Å². The van der Waals surface area contributed by atoms with E-state index in [4.69, 9.17) is 4.74 Å². The molecule has 2 aliphatic rings. The number of carbonyl (C=O) groups excluding carboxylic acids is 2. The van der Waals surface area contributed by atoms with E-state index in [0.29, 0.717) is 24.6 Å². The van der Waals surface area contributed by atoms with Crippen molar-refractivity contribution in [3.05, 3.63) is 29.3 Å². The van der Waals surface area contributed by atoms with Crippen LogP contribution in [-0.2, 0) is 19.6 Å². The highest BCUT2D eigenvalue weighted by Crippen LogP contribution is 2.32. The van der Waals surface area contributed by atoms with Crippen molar-refractivity contribution in [1.82, 2.24) is 9.62 Å². The van der Waals surface area contributed by atoms with Gasteiger partial charge in [0.2, 0.25) is 10.0 Å². The van der Waals surface area contributed by atoms with Gasteiger partial charge in [-0.2, -0.15) is 4.31 Å². The van der Waals surface area contributed by atoms with Gasteiger partial charge in [-0.1, -0.05) is 12.5 Å². The second-order valence-electron chi connectivity index (χ2n) is 7.71. The standard InChI is InChI=1S/C20H28N2O5S/c1-14-6-7-17(12-18(14)28(25,26)22-10-4-3-5-11-22)20(24)27-13-19(23)21-15(2)16-8-9-16/h6-7,12,15-16H,3-5,8-11,13H2,1-2H3,(H,21,23)/t15-/m1/s1. The zero-order valence-corrected chi connectivity index (χ0v) is 17.3. The second-order valence-corrected chi connectivity index (χ2v) is 9.62. The molecule has 1 aromatic carbocycles. The summed E-state index contributed by atoms with van der Waals surface area (Å²) in [5.74, 6) is -0.537. The smallest absolute Gasteiger partial charge is 0.338 e. The number of aryl methyl sites for hydroxylation is 1. The quantitative estimate of drug-likeness (QED) is 0.699. The molecule has 1 aromatic rings. The molecule has 1 atom stereocenters. The van der Waals surface area contributed by atoms with Crippen LogP contribution >= 0.6 is 0 Å². The lowest BCUT2D eigenvalue weighted by atomic mass is 10.1. The topological polar surface area (TPSA) is 92.8 Å². The number of carbonyl (C=O) groups is 2. The van der Waals surface area contributed by atoms with Crippen molar-refractivity contribution >= 4 is 21.9 Å². The van der Waals surface area contributed by atoms with E-state index in [0.717, 1.165) is 32.1 Å². The molecule has 1 saturated carbocycles. The minimum atomic E-state index is -3.65. The van der Waals surface area contributed by atoms with Gasteiger partial charge in [-0.25, -0.2) is 13.2 Å². The third-order valence-electron chi connectivity index (χ3n) is 5.41. The molecule has 0 bridgehead atoms. The fraction of sp³-hybridized carbons (Fsp3) is 0.600. The Morgan fingerprint density at radius 2 is 1.89 bits per heavy atom. The van der Waals surface area contributed by atoms with E-state index in [-0.39, 0.29) is 29.0 Å². The highest BCUT2D eigenvalue weighted by atomic mass is 32.2. The largest absolute Gasteiger partial charge is 0.452 e. The van der Waals surface area contributed by atoms with Crippen LogP contribution in [-0.4, -0.2) is 50.3 Å². The summed E-state index contributed by atoms with van der Waals surface area (Å²) in [6.45, 7) is 4.26. The van der Waals surface area contributed by atoms with Gasteiger partial charge in [-0.15, -0.1) is 0 Å². The summed E-state index contributed by atoms with van der Waals surface area (Å²) in [6, 6.07) is 4.55. The SMILES string of the molecule is Cc1ccc(C(=O)OCC(=O)N[C@H](C)C2CC2)cc1S(=O)(=O)N1CCCCC1. The zero-order valence-electron chi connectivity index (χ0n) is 16.4. The van der Waals surface area contributed by atoms with Crippen LogP contribution in [0.15, 0.2) is 23.1 Å². The van der Waals surface area contributed by atoms with Gasteiger partial charge in [0.15, 0.2) is 6.61 Å². The number of nitrogens with one attached hydrogen (secondary N) is 1. The first-order valence-corrected chi connectivity index (χ1v) is 11.3. The number of nitrogens with zero attached hydrogens (tertiary/aromatic N) is 1. The Labute approximate surface area is 166 Å². The number of piperidine rings is 1. The molecular formula is C20H28N2O5S. The Hall–Kier alpha value is -1.93. The van der Waals surface area contributed by atoms with Crippen molar-refractivity contribution in [3.63, 3.8) is 0 Å². The molecule has 1 amide bonds. The van der Waals surface area contributed by atoms with Gasteiger partial charge in [0.1, 0.15) is 0 Å². The number of rotatable bonds is 7. The monoisotopic (exact) mass is 408 g/mol. The van der Waals surface area contributed by atoms with Gasteiger partial charge in [0.25, 0.3) is 5.91 Å². The first kappa shape index (κ1) is 20.8. The van der Waals surface area contributed by atoms with E-state index in [1.165, 1.54) is 16.4 Å². The van der Waals surface area contributed by atoms with Crippen LogP contribution in [0.25, 0.3) is 0 Å². The summed E-state index contributed by atoms with van der Waals surface area (Å²) >= 11 is 0. The molecule has 3 rings (SSSR count). The van der Waals surface area contributed by atoms with Crippen LogP contribution in [0.1, 0.15) is 54.9 Å². The molecule has 0 spiro atoms. The fourth-order valence-corrected chi connectivity index (χ4v) is 5.24. The average Bonchev–Trinajstić information content (AvgIpc) is 3.52. The maximum absolute atomic E-state index is 12.9. The molecule has 0 radical (unpaired) electrons. The van der Waals surface area contributed by atoms with Crippen LogP contribution in [0.4, 0.5) is 0 Å². The van der Waals surface area contributed by atoms with Gasteiger partial charge in [0, 0.05) is 19.1 Å². The molecule has 1 aliphatic heterocycles. The predicted molar refractivity (Wildman–Crippen MR) is 104 cm³/mol. The summed E-state index contributed by atoms with van der Waals surface area (Å²) in [5, 5.41) is 2.82. The molecule has 0 unspecified atom stereocenters. The summed E-state index contributed by atoms with van der Waals surface area (Å²) in [7, 11) is -3.65. The van der Waals surface area contributed by atoms with Gasteiger partial charge in [-0.3, -0.25) is 4.79 Å². The van der Waals surface area contributed by atoms with E-state index in [1.54, 1.807) is 13.0 Å². The molecule has 1 saturated heterocycles. The summed E-state index contributed by atoms with van der Waals surface area (Å²) < 4.78 is 32.5. The Bertz CT molecular complexity index is 842. The number of amides is 1. The van der Waals surface area contributed by atoms with Gasteiger partial charge in [-0.05, 0) is 63.1 Å². The lowest BCUT2D eigenvalue weighted by molar-refractivity contribution is -0.124. The zero-order chi connectivity index (χ0) is 20.3. The second kappa shape index (κ2) is 8.61. The van der Waals surface area contributed by atoms with E-state index >= 15 is 0 Å². The number of benzene rings is 1. The van der Waals surface area contributed by atoms with Crippen molar-refractivity contribution in [2.75, 3.05) is 19.7 Å². The molecule has 2 fully saturated rings. The van der Waals surface area contributed by atoms with Crippen molar-refractivity contribution in [2.45, 2.75) is 56.9 Å². The third kappa shape index (κ3) is 4.91. The summed E-state index contributed by atoms with van der Waals surface area (Å²) in [6.07, 6.45) is 4.93. The first-order valence-electron chi connectivity index (χ1n) is 9.86. The number of sulfonamides is 1. The Kier molecular flexibility index (Phi) is 6.40. The summed E-state index contributed by atoms with van der Waals surface area (Å²) in [4.78, 5) is 24.4. The van der Waals surface area contributed by atoms with E-state index in [2.05, 4.69) is 5.32 Å². The molecule has 1 heterocycles. The van der Waals surface area contributed by atoms with Crippen molar-refractivity contribution in [3.8, 4) is 0 Å². The fourth-order valence-electron chi connectivity index (χ4n) is 3.47. The predicted octanol–water partition coefficient (Wildman–Crippen LogP) is 2.24. The molecule has 0 aromatic heterocycles. The molecule has 1 aliphatic carbocycles. The molecular weight excluding hydrogens is 380 g/mol. The third-order valence-corrected chi connectivity index (χ3v) is 7.45. The number of ether oxygens (including phenoxy) is 1. The Morgan fingerprint density at radius 1 is 1.21 bits per heavy atom. The highest BCUT2D eigenvalue weighted by Gasteiger charge is 2.30. The van der Waals surface area contributed by atoms with Crippen LogP contribution in [0.2, 0.25) is 0 Å². The van der Waals surface area contributed by atoms with Crippen LogP contribution in [0.3, 0.4) is 0 Å². The molecule has 154 valence electrons. The lowest BCUT2D eigenvalue weighted by Gasteiger charge is -2.26. The average molecular weight is 409 g/mol. The first-order chi connectivity index (χ1) is 13.3. The minimum Gasteiger partial charge on any atom is -0.452 e. The maximum atomic E-state index is 12.9. The molecule has 8 heteroatoms. The molecule has 28 heavy (non-hydrogen) atoms. The minimum absolute atomic E-state index is 0.0758. The number of esters is 1. The number of hydrogen-bond acceptors (Lipinski definition) is 5. The summed E-state index contributed by atoms with van der Waals surface area (Å²) in [5.41, 5.74) is 0.711. The molecule has 7 nitrogen and oxygen atoms in total. The van der Waals surface area contributed by atoms with Crippen molar-refractivity contribution < 1.29 is 22.7 Å². The van der Waals surface area contributed by atoms with Crippen LogP contribution in [0, 0.1) is 12.8 Å².